The largest absolute Gasteiger partial charge is 0.486 e. The summed E-state index contributed by atoms with van der Waals surface area (Å²) < 4.78 is 21.8. The van der Waals surface area contributed by atoms with Crippen molar-refractivity contribution in [2.75, 3.05) is 18.5 Å². The molecule has 1 aliphatic heterocycles. The van der Waals surface area contributed by atoms with Crippen LogP contribution in [0.15, 0.2) is 57.7 Å². The van der Waals surface area contributed by atoms with Crippen molar-refractivity contribution in [1.29, 1.82) is 0 Å². The van der Waals surface area contributed by atoms with Crippen molar-refractivity contribution in [1.82, 2.24) is 0 Å². The SMILES string of the molecule is CC(Oc1ccc2ccc(=O)oc2c1)C(=O)Nc1ccc2c(c1)OCCO2. The van der Waals surface area contributed by atoms with Gasteiger partial charge in [0.25, 0.3) is 5.91 Å². The van der Waals surface area contributed by atoms with Crippen molar-refractivity contribution in [3.8, 4) is 17.2 Å². The van der Waals surface area contributed by atoms with Crippen LogP contribution in [-0.4, -0.2) is 25.2 Å². The van der Waals surface area contributed by atoms with Crippen molar-refractivity contribution in [2.45, 2.75) is 13.0 Å². The molecule has 0 saturated heterocycles. The van der Waals surface area contributed by atoms with Gasteiger partial charge in [0.05, 0.1) is 0 Å². The summed E-state index contributed by atoms with van der Waals surface area (Å²) >= 11 is 0. The number of hydrogen-bond acceptors (Lipinski definition) is 6. The molecule has 1 aliphatic rings. The fourth-order valence-corrected chi connectivity index (χ4v) is 2.74. The Kier molecular flexibility index (Phi) is 4.42. The molecule has 1 N–H and O–H groups in total. The first-order valence-corrected chi connectivity index (χ1v) is 8.49. The van der Waals surface area contributed by atoms with Gasteiger partial charge in [0.2, 0.25) is 0 Å². The summed E-state index contributed by atoms with van der Waals surface area (Å²) in [6.45, 7) is 2.62. The van der Waals surface area contributed by atoms with Gasteiger partial charge >= 0.3 is 5.63 Å². The van der Waals surface area contributed by atoms with Gasteiger partial charge < -0.3 is 23.9 Å². The van der Waals surface area contributed by atoms with Crippen molar-refractivity contribution < 1.29 is 23.4 Å². The van der Waals surface area contributed by atoms with E-state index in [1.807, 2.05) is 0 Å². The number of amides is 1. The molecule has 27 heavy (non-hydrogen) atoms. The lowest BCUT2D eigenvalue weighted by atomic mass is 10.2. The van der Waals surface area contributed by atoms with Gasteiger partial charge in [-0.1, -0.05) is 0 Å². The number of nitrogens with one attached hydrogen (secondary N) is 1. The van der Waals surface area contributed by atoms with Crippen LogP contribution in [0.25, 0.3) is 11.0 Å². The van der Waals surface area contributed by atoms with E-state index in [9.17, 15) is 9.59 Å². The first kappa shape index (κ1) is 17.0. The Labute approximate surface area is 154 Å². The van der Waals surface area contributed by atoms with Gasteiger partial charge in [-0.3, -0.25) is 4.79 Å². The summed E-state index contributed by atoms with van der Waals surface area (Å²) in [4.78, 5) is 23.8. The maximum Gasteiger partial charge on any atom is 0.336 e. The molecule has 0 fully saturated rings. The lowest BCUT2D eigenvalue weighted by Gasteiger charge is -2.19. The van der Waals surface area contributed by atoms with Crippen molar-refractivity contribution >= 4 is 22.6 Å². The zero-order valence-electron chi connectivity index (χ0n) is 14.6. The number of anilines is 1. The normalized spacial score (nSPS) is 13.8. The average molecular weight is 367 g/mol. The van der Waals surface area contributed by atoms with E-state index in [2.05, 4.69) is 5.32 Å². The highest BCUT2D eigenvalue weighted by atomic mass is 16.6. The van der Waals surface area contributed by atoms with E-state index in [-0.39, 0.29) is 5.91 Å². The lowest BCUT2D eigenvalue weighted by molar-refractivity contribution is -0.122. The molecular formula is C20H17NO6. The number of hydrogen-bond donors (Lipinski definition) is 1. The lowest BCUT2D eigenvalue weighted by Crippen LogP contribution is -2.30. The van der Waals surface area contributed by atoms with Crippen LogP contribution in [0, 0.1) is 0 Å². The highest BCUT2D eigenvalue weighted by Gasteiger charge is 2.17. The van der Waals surface area contributed by atoms with Crippen LogP contribution in [0.1, 0.15) is 6.92 Å². The maximum atomic E-state index is 12.4. The highest BCUT2D eigenvalue weighted by Crippen LogP contribution is 2.32. The molecule has 0 aliphatic carbocycles. The average Bonchev–Trinajstić information content (AvgIpc) is 2.67. The second-order valence-corrected chi connectivity index (χ2v) is 6.06. The van der Waals surface area contributed by atoms with E-state index in [0.29, 0.717) is 41.7 Å². The Morgan fingerprint density at radius 3 is 2.67 bits per heavy atom. The summed E-state index contributed by atoms with van der Waals surface area (Å²) in [6, 6.07) is 13.3. The van der Waals surface area contributed by atoms with E-state index < -0.39 is 11.7 Å². The molecule has 1 amide bonds. The smallest absolute Gasteiger partial charge is 0.336 e. The molecule has 7 heteroatoms. The van der Waals surface area contributed by atoms with Gasteiger partial charge in [-0.2, -0.15) is 0 Å². The van der Waals surface area contributed by atoms with Gasteiger partial charge in [-0.25, -0.2) is 4.79 Å². The van der Waals surface area contributed by atoms with Crippen molar-refractivity contribution in [3.05, 3.63) is 59.0 Å². The molecule has 0 spiro atoms. The third-order valence-electron chi connectivity index (χ3n) is 4.09. The molecule has 0 saturated carbocycles. The third kappa shape index (κ3) is 3.72. The van der Waals surface area contributed by atoms with Crippen LogP contribution >= 0.6 is 0 Å². The van der Waals surface area contributed by atoms with Crippen LogP contribution < -0.4 is 25.2 Å². The third-order valence-corrected chi connectivity index (χ3v) is 4.09. The van der Waals surface area contributed by atoms with E-state index in [1.54, 1.807) is 49.4 Å². The Morgan fingerprint density at radius 1 is 1.04 bits per heavy atom. The number of benzene rings is 2. The first-order chi connectivity index (χ1) is 13.1. The summed E-state index contributed by atoms with van der Waals surface area (Å²) in [6.07, 6.45) is -0.758. The number of rotatable bonds is 4. The molecule has 2 heterocycles. The first-order valence-electron chi connectivity index (χ1n) is 8.49. The number of ether oxygens (including phenoxy) is 3. The van der Waals surface area contributed by atoms with Gasteiger partial charge in [0.1, 0.15) is 24.5 Å². The summed E-state index contributed by atoms with van der Waals surface area (Å²) in [5, 5.41) is 3.56. The van der Waals surface area contributed by atoms with Crippen LogP contribution in [0.3, 0.4) is 0 Å². The second-order valence-electron chi connectivity index (χ2n) is 6.06. The number of carbonyl (C=O) groups is 1. The quantitative estimate of drug-likeness (QED) is 0.714. The summed E-state index contributed by atoms with van der Waals surface area (Å²) in [5.74, 6) is 1.36. The molecule has 0 bridgehead atoms. The molecule has 1 unspecified atom stereocenters. The zero-order valence-corrected chi connectivity index (χ0v) is 14.6. The van der Waals surface area contributed by atoms with Crippen LogP contribution in [0.2, 0.25) is 0 Å². The Balaban J connectivity index is 1.45. The van der Waals surface area contributed by atoms with Crippen molar-refractivity contribution in [3.63, 3.8) is 0 Å². The minimum absolute atomic E-state index is 0.318. The predicted molar refractivity (Wildman–Crippen MR) is 98.6 cm³/mol. The molecule has 7 nitrogen and oxygen atoms in total. The minimum atomic E-state index is -0.758. The fraction of sp³-hybridized carbons (Fsp3) is 0.200. The van der Waals surface area contributed by atoms with E-state index in [0.717, 1.165) is 5.39 Å². The minimum Gasteiger partial charge on any atom is -0.486 e. The van der Waals surface area contributed by atoms with Gasteiger partial charge in [-0.05, 0) is 37.3 Å². The molecular weight excluding hydrogens is 350 g/mol. The van der Waals surface area contributed by atoms with Gasteiger partial charge in [0, 0.05) is 29.3 Å². The standard InChI is InChI=1S/C20H17NO6/c1-12(26-15-5-2-13-3-7-19(22)27-17(13)11-15)20(23)21-14-4-6-16-18(10-14)25-9-8-24-16/h2-7,10-12H,8-9H2,1H3,(H,21,23). The topological polar surface area (TPSA) is 87.0 Å². The molecule has 138 valence electrons. The monoisotopic (exact) mass is 367 g/mol. The number of carbonyl (C=O) groups excluding carboxylic acids is 1. The molecule has 0 radical (unpaired) electrons. The number of fused-ring (bicyclic) bond motifs is 2. The Hall–Kier alpha value is -3.48. The van der Waals surface area contributed by atoms with Gasteiger partial charge in [-0.15, -0.1) is 0 Å². The van der Waals surface area contributed by atoms with Crippen molar-refractivity contribution in [2.24, 2.45) is 0 Å². The van der Waals surface area contributed by atoms with Gasteiger partial charge in [0.15, 0.2) is 17.6 Å². The molecule has 1 atom stereocenters. The Bertz CT molecular complexity index is 1060. The Morgan fingerprint density at radius 2 is 1.81 bits per heavy atom. The maximum absolute atomic E-state index is 12.4. The molecule has 3 aromatic rings. The van der Waals surface area contributed by atoms with Crippen LogP contribution in [0.4, 0.5) is 5.69 Å². The molecule has 2 aromatic carbocycles. The zero-order chi connectivity index (χ0) is 18.8. The highest BCUT2D eigenvalue weighted by molar-refractivity contribution is 5.94. The summed E-state index contributed by atoms with van der Waals surface area (Å²) in [7, 11) is 0. The van der Waals surface area contributed by atoms with E-state index >= 15 is 0 Å². The fourth-order valence-electron chi connectivity index (χ4n) is 2.74. The van der Waals surface area contributed by atoms with E-state index in [1.165, 1.54) is 6.07 Å². The van der Waals surface area contributed by atoms with Crippen LogP contribution in [-0.2, 0) is 4.79 Å². The predicted octanol–water partition coefficient (Wildman–Crippen LogP) is 2.97. The van der Waals surface area contributed by atoms with E-state index in [4.69, 9.17) is 18.6 Å². The second kappa shape index (κ2) is 7.03. The molecule has 1 aromatic heterocycles. The van der Waals surface area contributed by atoms with Crippen LogP contribution in [0.5, 0.6) is 17.2 Å². The molecule has 4 rings (SSSR count). The summed E-state index contributed by atoms with van der Waals surface area (Å²) in [5.41, 5.74) is 0.549.